The third kappa shape index (κ3) is 6.92. The maximum Gasteiger partial charge on any atom is 0.223 e. The summed E-state index contributed by atoms with van der Waals surface area (Å²) in [7, 11) is 3.38. The van der Waals surface area contributed by atoms with Gasteiger partial charge in [0.05, 0.1) is 6.61 Å². The molecule has 3 N–H and O–H groups in total. The van der Waals surface area contributed by atoms with Gasteiger partial charge in [0.2, 0.25) is 5.91 Å². The molecule has 0 unspecified atom stereocenters. The van der Waals surface area contributed by atoms with Crippen LogP contribution in [-0.4, -0.2) is 52.3 Å². The molecule has 1 aromatic rings. The number of rotatable bonds is 10. The Morgan fingerprint density at radius 1 is 1.19 bits per heavy atom. The second-order valence-corrected chi connectivity index (χ2v) is 6.37. The first-order chi connectivity index (χ1) is 12.6. The van der Waals surface area contributed by atoms with Gasteiger partial charge in [-0.15, -0.1) is 0 Å². The van der Waals surface area contributed by atoms with Crippen LogP contribution in [0.15, 0.2) is 23.2 Å². The molecule has 0 spiro atoms. The molecular formula is C19H30N4O3. The summed E-state index contributed by atoms with van der Waals surface area (Å²) in [5, 5.41) is 9.40. The van der Waals surface area contributed by atoms with Gasteiger partial charge in [-0.3, -0.25) is 9.79 Å². The Bertz CT molecular complexity index is 615. The van der Waals surface area contributed by atoms with Crippen LogP contribution in [0, 0.1) is 12.8 Å². The van der Waals surface area contributed by atoms with E-state index in [0.29, 0.717) is 38.8 Å². The monoisotopic (exact) mass is 362 g/mol. The standard InChI is InChI=1S/C19H30N4O3/c1-14-4-5-16(17(12-14)26-11-10-25-3)13-23-19(20-2)22-9-8-21-18(24)15-6-7-15/h4-5,12,15H,6-11,13H2,1-3H3,(H,21,24)(H2,20,22,23). The maximum absolute atomic E-state index is 11.6. The number of carbonyl (C=O) groups is 1. The van der Waals surface area contributed by atoms with Crippen LogP contribution in [0.5, 0.6) is 5.75 Å². The lowest BCUT2D eigenvalue weighted by molar-refractivity contribution is -0.122. The SMILES string of the molecule is CN=C(NCCNC(=O)C1CC1)NCc1ccc(C)cc1OCCOC. The predicted molar refractivity (Wildman–Crippen MR) is 102 cm³/mol. The summed E-state index contributed by atoms with van der Waals surface area (Å²) in [6.45, 7) is 4.92. The first-order valence-corrected chi connectivity index (χ1v) is 9.07. The molecule has 1 aromatic carbocycles. The molecule has 0 saturated heterocycles. The van der Waals surface area contributed by atoms with E-state index in [9.17, 15) is 4.79 Å². The average molecular weight is 362 g/mol. The Morgan fingerprint density at radius 2 is 1.96 bits per heavy atom. The normalized spacial score (nSPS) is 14.0. The molecule has 0 aromatic heterocycles. The van der Waals surface area contributed by atoms with E-state index in [4.69, 9.17) is 9.47 Å². The second kappa shape index (κ2) is 10.7. The Morgan fingerprint density at radius 3 is 2.65 bits per heavy atom. The van der Waals surface area contributed by atoms with Crippen molar-refractivity contribution in [2.45, 2.75) is 26.3 Å². The maximum atomic E-state index is 11.6. The summed E-state index contributed by atoms with van der Waals surface area (Å²) in [5.41, 5.74) is 2.20. The lowest BCUT2D eigenvalue weighted by Crippen LogP contribution is -2.41. The Labute approximate surface area is 155 Å². The smallest absolute Gasteiger partial charge is 0.223 e. The zero-order chi connectivity index (χ0) is 18.8. The number of aliphatic imine (C=N–C) groups is 1. The molecule has 1 fully saturated rings. The molecule has 2 rings (SSSR count). The predicted octanol–water partition coefficient (Wildman–Crippen LogP) is 1.21. The molecule has 7 heteroatoms. The average Bonchev–Trinajstić information content (AvgIpc) is 3.47. The quantitative estimate of drug-likeness (QED) is 0.331. The van der Waals surface area contributed by atoms with Crippen molar-refractivity contribution in [1.82, 2.24) is 16.0 Å². The van der Waals surface area contributed by atoms with Gasteiger partial charge >= 0.3 is 0 Å². The summed E-state index contributed by atoms with van der Waals surface area (Å²) >= 11 is 0. The van der Waals surface area contributed by atoms with Crippen molar-refractivity contribution < 1.29 is 14.3 Å². The number of ether oxygens (including phenoxy) is 2. The molecule has 144 valence electrons. The van der Waals surface area contributed by atoms with Crippen molar-refractivity contribution in [1.29, 1.82) is 0 Å². The van der Waals surface area contributed by atoms with Crippen molar-refractivity contribution in [3.8, 4) is 5.75 Å². The fourth-order valence-electron chi connectivity index (χ4n) is 2.43. The van der Waals surface area contributed by atoms with Crippen molar-refractivity contribution >= 4 is 11.9 Å². The van der Waals surface area contributed by atoms with E-state index < -0.39 is 0 Å². The van der Waals surface area contributed by atoms with Gasteiger partial charge in [0.25, 0.3) is 0 Å². The van der Waals surface area contributed by atoms with Crippen LogP contribution in [0.2, 0.25) is 0 Å². The number of benzene rings is 1. The van der Waals surface area contributed by atoms with Gasteiger partial charge in [0.15, 0.2) is 5.96 Å². The van der Waals surface area contributed by atoms with Crippen LogP contribution in [0.3, 0.4) is 0 Å². The number of guanidine groups is 1. The largest absolute Gasteiger partial charge is 0.491 e. The van der Waals surface area contributed by atoms with Gasteiger partial charge in [-0.1, -0.05) is 12.1 Å². The van der Waals surface area contributed by atoms with Gasteiger partial charge in [0, 0.05) is 45.3 Å². The molecule has 0 radical (unpaired) electrons. The number of nitrogens with zero attached hydrogens (tertiary/aromatic N) is 1. The molecule has 0 bridgehead atoms. The highest BCUT2D eigenvalue weighted by molar-refractivity contribution is 5.81. The lowest BCUT2D eigenvalue weighted by Gasteiger charge is -2.15. The summed E-state index contributed by atoms with van der Waals surface area (Å²) < 4.78 is 10.8. The van der Waals surface area contributed by atoms with E-state index in [1.54, 1.807) is 14.2 Å². The summed E-state index contributed by atoms with van der Waals surface area (Å²) in [4.78, 5) is 15.8. The van der Waals surface area contributed by atoms with Crippen LogP contribution < -0.4 is 20.7 Å². The van der Waals surface area contributed by atoms with Gasteiger partial charge in [-0.25, -0.2) is 0 Å². The number of carbonyl (C=O) groups excluding carboxylic acids is 1. The summed E-state index contributed by atoms with van der Waals surface area (Å²) in [5.74, 6) is 1.94. The molecule has 1 amide bonds. The van der Waals surface area contributed by atoms with E-state index >= 15 is 0 Å². The summed E-state index contributed by atoms with van der Waals surface area (Å²) in [6, 6.07) is 6.13. The van der Waals surface area contributed by atoms with Crippen molar-refractivity contribution in [3.05, 3.63) is 29.3 Å². The van der Waals surface area contributed by atoms with E-state index in [-0.39, 0.29) is 11.8 Å². The Balaban J connectivity index is 1.76. The summed E-state index contributed by atoms with van der Waals surface area (Å²) in [6.07, 6.45) is 2.04. The number of methoxy groups -OCH3 is 1. The van der Waals surface area contributed by atoms with Gasteiger partial charge in [0.1, 0.15) is 12.4 Å². The minimum atomic E-state index is 0.159. The lowest BCUT2D eigenvalue weighted by atomic mass is 10.1. The Hall–Kier alpha value is -2.28. The van der Waals surface area contributed by atoms with Gasteiger partial charge < -0.3 is 25.4 Å². The van der Waals surface area contributed by atoms with Crippen molar-refractivity contribution in [3.63, 3.8) is 0 Å². The topological polar surface area (TPSA) is 84.0 Å². The number of amides is 1. The van der Waals surface area contributed by atoms with Crippen LogP contribution >= 0.6 is 0 Å². The zero-order valence-electron chi connectivity index (χ0n) is 15.9. The third-order valence-electron chi connectivity index (χ3n) is 4.10. The first-order valence-electron chi connectivity index (χ1n) is 9.07. The molecular weight excluding hydrogens is 332 g/mol. The molecule has 0 atom stereocenters. The molecule has 1 saturated carbocycles. The van der Waals surface area contributed by atoms with Crippen molar-refractivity contribution in [2.24, 2.45) is 10.9 Å². The van der Waals surface area contributed by atoms with E-state index in [1.165, 1.54) is 0 Å². The third-order valence-corrected chi connectivity index (χ3v) is 4.10. The van der Waals surface area contributed by atoms with Crippen LogP contribution in [0.1, 0.15) is 24.0 Å². The van der Waals surface area contributed by atoms with Crippen LogP contribution in [0.4, 0.5) is 0 Å². The van der Waals surface area contributed by atoms with Crippen LogP contribution in [0.25, 0.3) is 0 Å². The molecule has 26 heavy (non-hydrogen) atoms. The van der Waals surface area contributed by atoms with E-state index in [1.807, 2.05) is 19.1 Å². The molecule has 0 aliphatic heterocycles. The number of hydrogen-bond acceptors (Lipinski definition) is 4. The van der Waals surface area contributed by atoms with E-state index in [0.717, 1.165) is 29.7 Å². The second-order valence-electron chi connectivity index (χ2n) is 6.37. The number of nitrogens with one attached hydrogen (secondary N) is 3. The molecule has 1 aliphatic carbocycles. The highest BCUT2D eigenvalue weighted by Crippen LogP contribution is 2.28. The van der Waals surface area contributed by atoms with Crippen LogP contribution in [-0.2, 0) is 16.1 Å². The molecule has 0 heterocycles. The zero-order valence-corrected chi connectivity index (χ0v) is 15.9. The highest BCUT2D eigenvalue weighted by atomic mass is 16.5. The number of aryl methyl sites for hydroxylation is 1. The first kappa shape index (κ1) is 20.0. The fraction of sp³-hybridized carbons (Fsp3) is 0.579. The highest BCUT2D eigenvalue weighted by Gasteiger charge is 2.28. The minimum absolute atomic E-state index is 0.159. The minimum Gasteiger partial charge on any atom is -0.491 e. The van der Waals surface area contributed by atoms with Crippen molar-refractivity contribution in [2.75, 3.05) is 40.5 Å². The van der Waals surface area contributed by atoms with Gasteiger partial charge in [-0.2, -0.15) is 0 Å². The Kier molecular flexibility index (Phi) is 8.21. The number of hydrogen-bond donors (Lipinski definition) is 3. The fourth-order valence-corrected chi connectivity index (χ4v) is 2.43. The molecule has 7 nitrogen and oxygen atoms in total. The molecule has 1 aliphatic rings. The van der Waals surface area contributed by atoms with Gasteiger partial charge in [-0.05, 0) is 31.4 Å². The van der Waals surface area contributed by atoms with E-state index in [2.05, 4.69) is 27.0 Å².